The number of hydrogen-bond donors (Lipinski definition) is 2. The lowest BCUT2D eigenvalue weighted by Gasteiger charge is -2.35. The molecule has 1 amide bonds. The first-order valence-electron chi connectivity index (χ1n) is 9.13. The molecule has 2 saturated heterocycles. The first-order valence-corrected chi connectivity index (χ1v) is 10.1. The van der Waals surface area contributed by atoms with Gasteiger partial charge < -0.3 is 20.3 Å². The van der Waals surface area contributed by atoms with Crippen molar-refractivity contribution in [2.45, 2.75) is 30.6 Å². The summed E-state index contributed by atoms with van der Waals surface area (Å²) in [6.07, 6.45) is 2.16. The Morgan fingerprint density at radius 3 is 2.76 bits per heavy atom. The van der Waals surface area contributed by atoms with Crippen LogP contribution in [0.5, 0.6) is 5.75 Å². The third-order valence-corrected chi connectivity index (χ3v) is 6.64. The van der Waals surface area contributed by atoms with Gasteiger partial charge in [-0.15, -0.1) is 11.8 Å². The van der Waals surface area contributed by atoms with Gasteiger partial charge in [0.1, 0.15) is 5.75 Å². The summed E-state index contributed by atoms with van der Waals surface area (Å²) in [4.78, 5) is 14.1. The van der Waals surface area contributed by atoms with Crippen molar-refractivity contribution >= 4 is 17.7 Å². The molecule has 2 aliphatic heterocycles. The fraction of sp³-hybridized carbons (Fsp3) is 0.632. The van der Waals surface area contributed by atoms with E-state index in [2.05, 4.69) is 34.6 Å². The zero-order chi connectivity index (χ0) is 17.7. The molecule has 2 atom stereocenters. The van der Waals surface area contributed by atoms with Gasteiger partial charge in [0, 0.05) is 37.7 Å². The molecule has 2 fully saturated rings. The van der Waals surface area contributed by atoms with Crippen molar-refractivity contribution in [1.82, 2.24) is 15.5 Å². The van der Waals surface area contributed by atoms with E-state index in [4.69, 9.17) is 4.74 Å². The molecule has 1 aromatic carbocycles. The van der Waals surface area contributed by atoms with Crippen molar-refractivity contribution < 1.29 is 9.53 Å². The molecule has 1 aromatic rings. The molecule has 2 aliphatic rings. The maximum absolute atomic E-state index is 11.9. The van der Waals surface area contributed by atoms with Gasteiger partial charge in [0.2, 0.25) is 5.91 Å². The number of carbonyl (C=O) groups is 1. The molecule has 6 heteroatoms. The van der Waals surface area contributed by atoms with Gasteiger partial charge >= 0.3 is 0 Å². The molecule has 0 spiro atoms. The monoisotopic (exact) mass is 363 g/mol. The summed E-state index contributed by atoms with van der Waals surface area (Å²) in [5.74, 6) is 1.83. The van der Waals surface area contributed by atoms with Gasteiger partial charge in [0.25, 0.3) is 0 Å². The molecular formula is C19H29N3O2S. The number of carbonyl (C=O) groups excluding carboxylic acids is 1. The number of amides is 1. The number of rotatable bonds is 7. The third-order valence-electron chi connectivity index (χ3n) is 5.25. The zero-order valence-electron chi connectivity index (χ0n) is 15.2. The number of nitrogens with zero attached hydrogens (tertiary/aromatic N) is 1. The van der Waals surface area contributed by atoms with E-state index in [-0.39, 0.29) is 16.7 Å². The van der Waals surface area contributed by atoms with E-state index < -0.39 is 0 Å². The minimum atomic E-state index is -0.269. The number of benzene rings is 1. The second-order valence-corrected chi connectivity index (χ2v) is 8.40. The Kier molecular flexibility index (Phi) is 6.25. The second-order valence-electron chi connectivity index (χ2n) is 6.97. The van der Waals surface area contributed by atoms with Crippen molar-refractivity contribution in [3.8, 4) is 5.75 Å². The molecule has 0 saturated carbocycles. The van der Waals surface area contributed by atoms with Gasteiger partial charge in [-0.3, -0.25) is 4.79 Å². The Morgan fingerprint density at radius 2 is 2.08 bits per heavy atom. The molecule has 138 valence electrons. The summed E-state index contributed by atoms with van der Waals surface area (Å²) < 4.78 is 5.61. The molecule has 2 unspecified atom stereocenters. The normalized spacial score (nSPS) is 25.6. The Labute approximate surface area is 154 Å². The van der Waals surface area contributed by atoms with E-state index in [1.807, 2.05) is 12.1 Å². The highest BCUT2D eigenvalue weighted by Crippen LogP contribution is 2.45. The van der Waals surface area contributed by atoms with Gasteiger partial charge in [-0.2, -0.15) is 0 Å². The van der Waals surface area contributed by atoms with Crippen LogP contribution < -0.4 is 15.4 Å². The van der Waals surface area contributed by atoms with Crippen molar-refractivity contribution in [3.63, 3.8) is 0 Å². The topological polar surface area (TPSA) is 53.6 Å². The fourth-order valence-electron chi connectivity index (χ4n) is 3.89. The molecular weight excluding hydrogens is 334 g/mol. The highest BCUT2D eigenvalue weighted by Gasteiger charge is 2.42. The number of hydrogen-bond acceptors (Lipinski definition) is 5. The molecule has 0 radical (unpaired) electrons. The number of piperazine rings is 1. The SMILES string of the molecule is COc1ccccc1C(CCCN1CCNCC1)C1(C)NC(=O)CS1. The van der Waals surface area contributed by atoms with Crippen LogP contribution in [0, 0.1) is 0 Å². The van der Waals surface area contributed by atoms with Crippen LogP contribution in [0.25, 0.3) is 0 Å². The van der Waals surface area contributed by atoms with Gasteiger partial charge in [-0.1, -0.05) is 18.2 Å². The average molecular weight is 364 g/mol. The van der Waals surface area contributed by atoms with Crippen LogP contribution in [0.3, 0.4) is 0 Å². The van der Waals surface area contributed by atoms with Crippen LogP contribution in [0.2, 0.25) is 0 Å². The molecule has 0 aromatic heterocycles. The van der Waals surface area contributed by atoms with Crippen LogP contribution in [0.4, 0.5) is 0 Å². The maximum atomic E-state index is 11.9. The summed E-state index contributed by atoms with van der Waals surface area (Å²) in [6.45, 7) is 7.69. The molecule has 3 rings (SSSR count). The molecule has 5 nitrogen and oxygen atoms in total. The fourth-order valence-corrected chi connectivity index (χ4v) is 5.02. The predicted octanol–water partition coefficient (Wildman–Crippen LogP) is 2.04. The van der Waals surface area contributed by atoms with Gasteiger partial charge in [0.05, 0.1) is 17.7 Å². The van der Waals surface area contributed by atoms with E-state index in [0.717, 1.165) is 51.3 Å². The standard InChI is InChI=1S/C19H29N3O2S/c1-19(21-18(23)14-25-19)16(15-6-3-4-8-17(15)24-2)7-5-11-22-12-9-20-10-13-22/h3-4,6,8,16,20H,5,7,9-14H2,1-2H3,(H,21,23). The number of para-hydroxylation sites is 1. The Bertz CT molecular complexity index is 592. The summed E-state index contributed by atoms with van der Waals surface area (Å²) in [5.41, 5.74) is 1.20. The first-order chi connectivity index (χ1) is 12.1. The van der Waals surface area contributed by atoms with E-state index >= 15 is 0 Å². The van der Waals surface area contributed by atoms with Crippen molar-refractivity contribution in [2.24, 2.45) is 0 Å². The van der Waals surface area contributed by atoms with Crippen LogP contribution in [-0.4, -0.2) is 61.3 Å². The minimum Gasteiger partial charge on any atom is -0.496 e. The highest BCUT2D eigenvalue weighted by molar-refractivity contribution is 8.01. The average Bonchev–Trinajstić information content (AvgIpc) is 2.99. The molecule has 0 bridgehead atoms. The Morgan fingerprint density at radius 1 is 1.32 bits per heavy atom. The van der Waals surface area contributed by atoms with Gasteiger partial charge in [-0.05, 0) is 32.4 Å². The zero-order valence-corrected chi connectivity index (χ0v) is 16.0. The second kappa shape index (κ2) is 8.43. The van der Waals surface area contributed by atoms with Crippen LogP contribution in [0.15, 0.2) is 24.3 Å². The largest absolute Gasteiger partial charge is 0.496 e. The number of thioether (sulfide) groups is 1. The Hall–Kier alpha value is -1.24. The minimum absolute atomic E-state index is 0.134. The molecule has 2 N–H and O–H groups in total. The predicted molar refractivity (Wildman–Crippen MR) is 103 cm³/mol. The van der Waals surface area contributed by atoms with E-state index in [9.17, 15) is 4.79 Å². The first kappa shape index (κ1) is 18.5. The molecule has 25 heavy (non-hydrogen) atoms. The summed E-state index contributed by atoms with van der Waals surface area (Å²) in [7, 11) is 1.72. The van der Waals surface area contributed by atoms with E-state index in [1.165, 1.54) is 5.56 Å². The lowest BCUT2D eigenvalue weighted by atomic mass is 9.86. The Balaban J connectivity index is 1.73. The van der Waals surface area contributed by atoms with Gasteiger partial charge in [-0.25, -0.2) is 0 Å². The smallest absolute Gasteiger partial charge is 0.231 e. The van der Waals surface area contributed by atoms with E-state index in [1.54, 1.807) is 18.9 Å². The van der Waals surface area contributed by atoms with Crippen LogP contribution >= 0.6 is 11.8 Å². The quantitative estimate of drug-likeness (QED) is 0.776. The highest BCUT2D eigenvalue weighted by atomic mass is 32.2. The van der Waals surface area contributed by atoms with Crippen molar-refractivity contribution in [3.05, 3.63) is 29.8 Å². The summed E-state index contributed by atoms with van der Waals surface area (Å²) in [6, 6.07) is 8.23. The maximum Gasteiger partial charge on any atom is 0.231 e. The molecule has 0 aliphatic carbocycles. The van der Waals surface area contributed by atoms with E-state index in [0.29, 0.717) is 5.75 Å². The van der Waals surface area contributed by atoms with Gasteiger partial charge in [0.15, 0.2) is 0 Å². The number of methoxy groups -OCH3 is 1. The third kappa shape index (κ3) is 4.49. The number of nitrogens with one attached hydrogen (secondary N) is 2. The summed E-state index contributed by atoms with van der Waals surface area (Å²) in [5, 5.41) is 6.61. The lowest BCUT2D eigenvalue weighted by Crippen LogP contribution is -2.44. The van der Waals surface area contributed by atoms with Crippen molar-refractivity contribution in [2.75, 3.05) is 45.6 Å². The van der Waals surface area contributed by atoms with Crippen molar-refractivity contribution in [1.29, 1.82) is 0 Å². The summed E-state index contributed by atoms with van der Waals surface area (Å²) >= 11 is 1.72. The number of ether oxygens (including phenoxy) is 1. The van der Waals surface area contributed by atoms with Crippen LogP contribution in [0.1, 0.15) is 31.2 Å². The lowest BCUT2D eigenvalue weighted by molar-refractivity contribution is -0.118. The molecule has 2 heterocycles. The van der Waals surface area contributed by atoms with Crippen LogP contribution in [-0.2, 0) is 4.79 Å².